The molecule has 3 rings (SSSR count). The molecule has 1 N–H and O–H groups in total. The molecule has 1 aliphatic heterocycles. The van der Waals surface area contributed by atoms with Crippen molar-refractivity contribution in [1.29, 1.82) is 0 Å². The van der Waals surface area contributed by atoms with Gasteiger partial charge >= 0.3 is 0 Å². The van der Waals surface area contributed by atoms with Crippen molar-refractivity contribution in [1.82, 2.24) is 10.3 Å². The zero-order valence-electron chi connectivity index (χ0n) is 14.8. The van der Waals surface area contributed by atoms with Gasteiger partial charge in [0.05, 0.1) is 24.7 Å². The number of aromatic nitrogens is 1. The Morgan fingerprint density at radius 2 is 2.12 bits per heavy atom. The number of nitrogens with zero attached hydrogens (tertiary/aromatic N) is 1. The van der Waals surface area contributed by atoms with E-state index in [1.165, 1.54) is 0 Å². The SMILES string of the molecule is COCC1C[C@@H](COc2nccc3ccc(OC(C)C)cc23)NC1=O. The summed E-state index contributed by atoms with van der Waals surface area (Å²) >= 11 is 0. The lowest BCUT2D eigenvalue weighted by atomic mass is 10.1. The topological polar surface area (TPSA) is 69.7 Å². The van der Waals surface area contributed by atoms with Crippen LogP contribution < -0.4 is 14.8 Å². The minimum absolute atomic E-state index is 0.0222. The maximum absolute atomic E-state index is 11.9. The summed E-state index contributed by atoms with van der Waals surface area (Å²) in [6, 6.07) is 7.79. The molecular formula is C19H24N2O4. The molecular weight excluding hydrogens is 320 g/mol. The Morgan fingerprint density at radius 1 is 1.28 bits per heavy atom. The van der Waals surface area contributed by atoms with E-state index in [2.05, 4.69) is 10.3 Å². The fourth-order valence-electron chi connectivity index (χ4n) is 3.04. The van der Waals surface area contributed by atoms with E-state index in [0.717, 1.165) is 16.5 Å². The van der Waals surface area contributed by atoms with Crippen LogP contribution in [0.2, 0.25) is 0 Å². The van der Waals surface area contributed by atoms with Crippen LogP contribution in [-0.2, 0) is 9.53 Å². The summed E-state index contributed by atoms with van der Waals surface area (Å²) in [5.74, 6) is 1.25. The van der Waals surface area contributed by atoms with Crippen LogP contribution >= 0.6 is 0 Å². The van der Waals surface area contributed by atoms with E-state index in [1.54, 1.807) is 13.3 Å². The molecule has 6 nitrogen and oxygen atoms in total. The average molecular weight is 344 g/mol. The molecule has 1 unspecified atom stereocenters. The van der Waals surface area contributed by atoms with Gasteiger partial charge in [-0.2, -0.15) is 0 Å². The van der Waals surface area contributed by atoms with Crippen LogP contribution in [0.15, 0.2) is 30.5 Å². The molecule has 2 heterocycles. The summed E-state index contributed by atoms with van der Waals surface area (Å²) in [4.78, 5) is 16.2. The largest absolute Gasteiger partial charge is 0.491 e. The predicted octanol–water partition coefficient (Wildman–Crippen LogP) is 2.55. The highest BCUT2D eigenvalue weighted by molar-refractivity contribution is 5.88. The third-order valence-electron chi connectivity index (χ3n) is 4.15. The average Bonchev–Trinajstić information content (AvgIpc) is 2.92. The number of hydrogen-bond acceptors (Lipinski definition) is 5. The first-order chi connectivity index (χ1) is 12.1. The lowest BCUT2D eigenvalue weighted by Crippen LogP contribution is -2.31. The number of fused-ring (bicyclic) bond motifs is 1. The van der Waals surface area contributed by atoms with Crippen molar-refractivity contribution in [3.05, 3.63) is 30.5 Å². The van der Waals surface area contributed by atoms with E-state index in [0.29, 0.717) is 25.5 Å². The van der Waals surface area contributed by atoms with E-state index in [-0.39, 0.29) is 24.0 Å². The van der Waals surface area contributed by atoms with Crippen LogP contribution in [0.5, 0.6) is 11.6 Å². The Morgan fingerprint density at radius 3 is 2.88 bits per heavy atom. The molecule has 1 fully saturated rings. The monoisotopic (exact) mass is 344 g/mol. The standard InChI is InChI=1S/C19H24N2O4/c1-12(2)25-16-5-4-13-6-7-20-19(17(13)9-16)24-11-15-8-14(10-23-3)18(22)21-15/h4-7,9,12,14-15H,8,10-11H2,1-3H3,(H,21,22)/t14?,15-/m0/s1. The maximum Gasteiger partial charge on any atom is 0.225 e. The number of hydrogen-bond donors (Lipinski definition) is 1. The van der Waals surface area contributed by atoms with E-state index in [9.17, 15) is 4.79 Å². The Bertz CT molecular complexity index is 747. The first-order valence-corrected chi connectivity index (χ1v) is 8.54. The summed E-state index contributed by atoms with van der Waals surface area (Å²) in [5, 5.41) is 4.89. The summed E-state index contributed by atoms with van der Waals surface area (Å²) in [6.45, 7) is 4.80. The van der Waals surface area contributed by atoms with Gasteiger partial charge in [-0.25, -0.2) is 4.98 Å². The normalized spacial score (nSPS) is 20.1. The Balaban J connectivity index is 1.72. The van der Waals surface area contributed by atoms with Crippen molar-refractivity contribution < 1.29 is 19.0 Å². The van der Waals surface area contributed by atoms with E-state index in [1.807, 2.05) is 38.1 Å². The fourth-order valence-corrected chi connectivity index (χ4v) is 3.04. The van der Waals surface area contributed by atoms with Crippen LogP contribution in [-0.4, -0.2) is 43.4 Å². The van der Waals surface area contributed by atoms with Crippen molar-refractivity contribution in [2.24, 2.45) is 5.92 Å². The number of methoxy groups -OCH3 is 1. The van der Waals surface area contributed by atoms with Crippen LogP contribution in [0.4, 0.5) is 0 Å². The van der Waals surface area contributed by atoms with Crippen molar-refractivity contribution >= 4 is 16.7 Å². The first kappa shape index (κ1) is 17.5. The molecule has 1 aliphatic rings. The second-order valence-electron chi connectivity index (χ2n) is 6.57. The number of benzene rings is 1. The Hall–Kier alpha value is -2.34. The van der Waals surface area contributed by atoms with E-state index in [4.69, 9.17) is 14.2 Å². The number of ether oxygens (including phenoxy) is 3. The van der Waals surface area contributed by atoms with Crippen molar-refractivity contribution in [3.63, 3.8) is 0 Å². The summed E-state index contributed by atoms with van der Waals surface area (Å²) in [5.41, 5.74) is 0. The first-order valence-electron chi connectivity index (χ1n) is 8.54. The molecule has 0 radical (unpaired) electrons. The Kier molecular flexibility index (Phi) is 5.38. The van der Waals surface area contributed by atoms with Crippen molar-refractivity contribution in [3.8, 4) is 11.6 Å². The van der Waals surface area contributed by atoms with Crippen LogP contribution in [0.1, 0.15) is 20.3 Å². The number of nitrogens with one attached hydrogen (secondary N) is 1. The lowest BCUT2D eigenvalue weighted by Gasteiger charge is -2.14. The summed E-state index contributed by atoms with van der Waals surface area (Å²) in [7, 11) is 1.61. The molecule has 1 aromatic heterocycles. The van der Waals surface area contributed by atoms with Gasteiger partial charge in [0.25, 0.3) is 0 Å². The van der Waals surface area contributed by atoms with Crippen molar-refractivity contribution in [2.75, 3.05) is 20.3 Å². The van der Waals surface area contributed by atoms with Gasteiger partial charge in [-0.3, -0.25) is 4.79 Å². The number of pyridine rings is 1. The number of carbonyl (C=O) groups is 1. The van der Waals surface area contributed by atoms with E-state index < -0.39 is 0 Å². The zero-order chi connectivity index (χ0) is 17.8. The molecule has 1 saturated heterocycles. The number of rotatable bonds is 7. The molecule has 25 heavy (non-hydrogen) atoms. The highest BCUT2D eigenvalue weighted by atomic mass is 16.5. The Labute approximate surface area is 147 Å². The molecule has 0 saturated carbocycles. The zero-order valence-corrected chi connectivity index (χ0v) is 14.8. The summed E-state index contributed by atoms with van der Waals surface area (Å²) < 4.78 is 16.8. The highest BCUT2D eigenvalue weighted by Gasteiger charge is 2.32. The molecule has 0 spiro atoms. The molecule has 2 atom stereocenters. The number of amides is 1. The van der Waals surface area contributed by atoms with Gasteiger partial charge in [0.1, 0.15) is 12.4 Å². The third kappa shape index (κ3) is 4.20. The van der Waals surface area contributed by atoms with Gasteiger partial charge in [-0.15, -0.1) is 0 Å². The smallest absolute Gasteiger partial charge is 0.225 e. The van der Waals surface area contributed by atoms with E-state index >= 15 is 0 Å². The van der Waals surface area contributed by atoms with Gasteiger partial charge in [-0.05, 0) is 43.9 Å². The maximum atomic E-state index is 11.9. The third-order valence-corrected chi connectivity index (χ3v) is 4.15. The fraction of sp³-hybridized carbons (Fsp3) is 0.474. The predicted molar refractivity (Wildman–Crippen MR) is 94.9 cm³/mol. The second-order valence-corrected chi connectivity index (χ2v) is 6.57. The quantitative estimate of drug-likeness (QED) is 0.836. The molecule has 0 bridgehead atoms. The van der Waals surface area contributed by atoms with Gasteiger partial charge in [0, 0.05) is 18.7 Å². The van der Waals surface area contributed by atoms with Gasteiger partial charge in [0.15, 0.2) is 0 Å². The van der Waals surface area contributed by atoms with Crippen molar-refractivity contribution in [2.45, 2.75) is 32.4 Å². The molecule has 134 valence electrons. The van der Waals surface area contributed by atoms with Crippen LogP contribution in [0.3, 0.4) is 0 Å². The second kappa shape index (κ2) is 7.70. The summed E-state index contributed by atoms with van der Waals surface area (Å²) in [6.07, 6.45) is 2.53. The molecule has 1 aromatic carbocycles. The van der Waals surface area contributed by atoms with Crippen LogP contribution in [0.25, 0.3) is 10.8 Å². The van der Waals surface area contributed by atoms with Gasteiger partial charge in [0.2, 0.25) is 11.8 Å². The molecule has 2 aromatic rings. The minimum atomic E-state index is -0.106. The molecule has 0 aliphatic carbocycles. The highest BCUT2D eigenvalue weighted by Crippen LogP contribution is 2.28. The minimum Gasteiger partial charge on any atom is -0.491 e. The van der Waals surface area contributed by atoms with Gasteiger partial charge < -0.3 is 19.5 Å². The van der Waals surface area contributed by atoms with Gasteiger partial charge in [-0.1, -0.05) is 6.07 Å². The number of carbonyl (C=O) groups excluding carboxylic acids is 1. The molecule has 6 heteroatoms. The lowest BCUT2D eigenvalue weighted by molar-refractivity contribution is -0.123. The molecule has 1 amide bonds. The van der Waals surface area contributed by atoms with Crippen LogP contribution in [0, 0.1) is 5.92 Å².